The molecule has 1 amide bonds. The predicted molar refractivity (Wildman–Crippen MR) is 73.9 cm³/mol. The van der Waals surface area contributed by atoms with Crippen LogP contribution in [0.2, 0.25) is 0 Å². The highest BCUT2D eigenvalue weighted by atomic mass is 16.5. The van der Waals surface area contributed by atoms with Crippen molar-refractivity contribution in [2.24, 2.45) is 0 Å². The Kier molecular flexibility index (Phi) is 5.49. The van der Waals surface area contributed by atoms with Crippen molar-refractivity contribution in [3.8, 4) is 5.75 Å². The first-order valence-corrected chi connectivity index (χ1v) is 6.29. The van der Waals surface area contributed by atoms with E-state index in [4.69, 9.17) is 10.5 Å². The average Bonchev–Trinajstić information content (AvgIpc) is 2.38. The summed E-state index contributed by atoms with van der Waals surface area (Å²) in [5.41, 5.74) is 6.83. The number of nitrogens with zero attached hydrogens (tertiary/aromatic N) is 1. The van der Waals surface area contributed by atoms with Gasteiger partial charge in [-0.2, -0.15) is 0 Å². The number of hydrogen-bond acceptors (Lipinski definition) is 3. The third kappa shape index (κ3) is 3.39. The first-order valence-electron chi connectivity index (χ1n) is 6.29. The summed E-state index contributed by atoms with van der Waals surface area (Å²) in [6.07, 6.45) is 3.29. The third-order valence-electron chi connectivity index (χ3n) is 2.96. The maximum atomic E-state index is 12.2. The second kappa shape index (κ2) is 6.89. The largest absolute Gasteiger partial charge is 0.495 e. The molecule has 0 fully saturated rings. The number of methoxy groups -OCH3 is 1. The molecule has 0 saturated heterocycles. The van der Waals surface area contributed by atoms with Crippen LogP contribution in [0.15, 0.2) is 18.2 Å². The fourth-order valence-corrected chi connectivity index (χ4v) is 1.81. The molecule has 1 aromatic carbocycles. The molecule has 1 aromatic rings. The highest BCUT2D eigenvalue weighted by Gasteiger charge is 2.16. The molecule has 0 bridgehead atoms. The van der Waals surface area contributed by atoms with Gasteiger partial charge in [-0.1, -0.05) is 25.8 Å². The number of nitrogen functional groups attached to an aromatic ring is 1. The van der Waals surface area contributed by atoms with E-state index >= 15 is 0 Å². The van der Waals surface area contributed by atoms with Crippen LogP contribution in [0.5, 0.6) is 5.75 Å². The minimum Gasteiger partial charge on any atom is -0.495 e. The van der Waals surface area contributed by atoms with Gasteiger partial charge in [0.25, 0.3) is 5.91 Å². The van der Waals surface area contributed by atoms with Crippen molar-refractivity contribution in [3.63, 3.8) is 0 Å². The van der Waals surface area contributed by atoms with Crippen molar-refractivity contribution in [2.75, 3.05) is 26.4 Å². The molecule has 4 heteroatoms. The van der Waals surface area contributed by atoms with Crippen LogP contribution in [0.25, 0.3) is 0 Å². The summed E-state index contributed by atoms with van der Waals surface area (Å²) in [5.74, 6) is 0.491. The van der Waals surface area contributed by atoms with E-state index in [1.54, 1.807) is 37.3 Å². The summed E-state index contributed by atoms with van der Waals surface area (Å²) >= 11 is 0. The van der Waals surface area contributed by atoms with Crippen LogP contribution in [0, 0.1) is 0 Å². The number of unbranched alkanes of at least 4 members (excludes halogenated alkanes) is 2. The molecule has 0 saturated carbocycles. The quantitative estimate of drug-likeness (QED) is 0.623. The van der Waals surface area contributed by atoms with E-state index in [1.165, 1.54) is 0 Å². The Hall–Kier alpha value is -1.71. The molecule has 0 atom stereocenters. The molecule has 0 unspecified atom stereocenters. The molecule has 1 rings (SSSR count). The average molecular weight is 250 g/mol. The molecule has 0 aliphatic rings. The standard InChI is InChI=1S/C14H22N2O2/c1-4-5-6-10-16(2)14(17)11-8-7-9-12(18-3)13(11)15/h7-9H,4-6,10,15H2,1-3H3. The lowest BCUT2D eigenvalue weighted by atomic mass is 10.1. The first kappa shape index (κ1) is 14.4. The number of carbonyl (C=O) groups is 1. The van der Waals surface area contributed by atoms with Gasteiger partial charge < -0.3 is 15.4 Å². The lowest BCUT2D eigenvalue weighted by molar-refractivity contribution is 0.0793. The Balaban J connectivity index is 2.77. The number of carbonyl (C=O) groups excluding carboxylic acids is 1. The van der Waals surface area contributed by atoms with Crippen LogP contribution in [0.4, 0.5) is 5.69 Å². The normalized spacial score (nSPS) is 10.2. The highest BCUT2D eigenvalue weighted by Crippen LogP contribution is 2.25. The van der Waals surface area contributed by atoms with Crippen LogP contribution in [0.1, 0.15) is 36.5 Å². The van der Waals surface area contributed by atoms with E-state index in [0.29, 0.717) is 17.0 Å². The summed E-state index contributed by atoms with van der Waals surface area (Å²) in [6, 6.07) is 5.27. The zero-order valence-electron chi connectivity index (χ0n) is 11.4. The van der Waals surface area contributed by atoms with Crippen LogP contribution in [-0.4, -0.2) is 31.5 Å². The van der Waals surface area contributed by atoms with E-state index in [9.17, 15) is 4.79 Å². The van der Waals surface area contributed by atoms with Crippen molar-refractivity contribution < 1.29 is 9.53 Å². The molecule has 0 aromatic heterocycles. The van der Waals surface area contributed by atoms with Crippen LogP contribution in [-0.2, 0) is 0 Å². The van der Waals surface area contributed by atoms with E-state index < -0.39 is 0 Å². The summed E-state index contributed by atoms with van der Waals surface area (Å²) in [5, 5.41) is 0. The lowest BCUT2D eigenvalue weighted by Crippen LogP contribution is -2.28. The summed E-state index contributed by atoms with van der Waals surface area (Å²) in [7, 11) is 3.35. The van der Waals surface area contributed by atoms with Gasteiger partial charge in [-0.15, -0.1) is 0 Å². The van der Waals surface area contributed by atoms with Crippen LogP contribution in [0.3, 0.4) is 0 Å². The van der Waals surface area contributed by atoms with Crippen molar-refractivity contribution >= 4 is 11.6 Å². The molecule has 0 aliphatic carbocycles. The summed E-state index contributed by atoms with van der Waals surface area (Å²) in [6.45, 7) is 2.89. The highest BCUT2D eigenvalue weighted by molar-refractivity contribution is 6.00. The fraction of sp³-hybridized carbons (Fsp3) is 0.500. The van der Waals surface area contributed by atoms with Crippen molar-refractivity contribution in [1.82, 2.24) is 4.90 Å². The molecule has 0 radical (unpaired) electrons. The second-order valence-electron chi connectivity index (χ2n) is 4.36. The molecular formula is C14H22N2O2. The van der Waals surface area contributed by atoms with Gasteiger partial charge in [0.15, 0.2) is 0 Å². The van der Waals surface area contributed by atoms with Gasteiger partial charge in [-0.05, 0) is 18.6 Å². The molecule has 0 aliphatic heterocycles. The predicted octanol–water partition coefficient (Wildman–Crippen LogP) is 2.54. The molecule has 0 heterocycles. The van der Waals surface area contributed by atoms with E-state index in [1.807, 2.05) is 0 Å². The molecule has 4 nitrogen and oxygen atoms in total. The second-order valence-corrected chi connectivity index (χ2v) is 4.36. The van der Waals surface area contributed by atoms with Crippen LogP contribution < -0.4 is 10.5 Å². The van der Waals surface area contributed by atoms with Gasteiger partial charge in [0.05, 0.1) is 18.4 Å². The number of benzene rings is 1. The number of ether oxygens (including phenoxy) is 1. The van der Waals surface area contributed by atoms with Gasteiger partial charge in [0.1, 0.15) is 5.75 Å². The third-order valence-corrected chi connectivity index (χ3v) is 2.96. The monoisotopic (exact) mass is 250 g/mol. The first-order chi connectivity index (χ1) is 8.61. The number of rotatable bonds is 6. The van der Waals surface area contributed by atoms with E-state index in [2.05, 4.69) is 6.92 Å². The van der Waals surface area contributed by atoms with E-state index in [0.717, 1.165) is 25.8 Å². The van der Waals surface area contributed by atoms with Gasteiger partial charge in [-0.25, -0.2) is 0 Å². The van der Waals surface area contributed by atoms with Gasteiger partial charge in [-0.3, -0.25) is 4.79 Å². The van der Waals surface area contributed by atoms with Crippen LogP contribution >= 0.6 is 0 Å². The number of amides is 1. The van der Waals surface area contributed by atoms with Gasteiger partial charge in [0, 0.05) is 13.6 Å². The SMILES string of the molecule is CCCCCN(C)C(=O)c1cccc(OC)c1N. The number of nitrogens with two attached hydrogens (primary N) is 1. The Morgan fingerprint density at radius 2 is 2.11 bits per heavy atom. The Morgan fingerprint density at radius 1 is 1.39 bits per heavy atom. The zero-order valence-corrected chi connectivity index (χ0v) is 11.4. The van der Waals surface area contributed by atoms with Crippen molar-refractivity contribution in [3.05, 3.63) is 23.8 Å². The Labute approximate surface area is 109 Å². The maximum absolute atomic E-state index is 12.2. The van der Waals surface area contributed by atoms with E-state index in [-0.39, 0.29) is 5.91 Å². The molecule has 2 N–H and O–H groups in total. The zero-order chi connectivity index (χ0) is 13.5. The van der Waals surface area contributed by atoms with Crippen molar-refractivity contribution in [1.29, 1.82) is 0 Å². The summed E-state index contributed by atoms with van der Waals surface area (Å²) < 4.78 is 5.12. The summed E-state index contributed by atoms with van der Waals surface area (Å²) in [4.78, 5) is 13.9. The molecule has 18 heavy (non-hydrogen) atoms. The van der Waals surface area contributed by atoms with Gasteiger partial charge >= 0.3 is 0 Å². The number of para-hydroxylation sites is 1. The molecular weight excluding hydrogens is 228 g/mol. The maximum Gasteiger partial charge on any atom is 0.255 e. The smallest absolute Gasteiger partial charge is 0.255 e. The topological polar surface area (TPSA) is 55.6 Å². The number of anilines is 1. The molecule has 100 valence electrons. The minimum atomic E-state index is -0.0532. The number of hydrogen-bond donors (Lipinski definition) is 1. The minimum absolute atomic E-state index is 0.0532. The Morgan fingerprint density at radius 3 is 2.72 bits per heavy atom. The fourth-order valence-electron chi connectivity index (χ4n) is 1.81. The van der Waals surface area contributed by atoms with Crippen molar-refractivity contribution in [2.45, 2.75) is 26.2 Å². The molecule has 0 spiro atoms. The lowest BCUT2D eigenvalue weighted by Gasteiger charge is -2.18. The van der Waals surface area contributed by atoms with Gasteiger partial charge in [0.2, 0.25) is 0 Å². The Bertz CT molecular complexity index is 405.